The number of nitriles is 1. The van der Waals surface area contributed by atoms with E-state index in [1.807, 2.05) is 0 Å². The number of hydrogen-bond donors (Lipinski definition) is 0. The van der Waals surface area contributed by atoms with Crippen LogP contribution in [0.5, 0.6) is 0 Å². The van der Waals surface area contributed by atoms with E-state index in [2.05, 4.69) is 0 Å². The summed E-state index contributed by atoms with van der Waals surface area (Å²) in [6.45, 7) is 0. The third kappa shape index (κ3) is 3.38. The standard InChI is InChI=1S/C15H13ClF3NO/c16-11-2-1-3-12(17)13(11)10(8-20)14(21)9-4-6-15(18,19)7-5-9/h1-3,9-10H,4-7H2. The highest BCUT2D eigenvalue weighted by atomic mass is 35.5. The zero-order valence-corrected chi connectivity index (χ0v) is 11.8. The fraction of sp³-hybridized carbons (Fsp3) is 0.467. The summed E-state index contributed by atoms with van der Waals surface area (Å²) >= 11 is 5.87. The van der Waals surface area contributed by atoms with Gasteiger partial charge in [0.05, 0.1) is 6.07 Å². The first-order chi connectivity index (χ1) is 9.85. The van der Waals surface area contributed by atoms with Gasteiger partial charge in [0.1, 0.15) is 11.7 Å². The van der Waals surface area contributed by atoms with Gasteiger partial charge in [0, 0.05) is 29.3 Å². The molecule has 0 spiro atoms. The second-order valence-electron chi connectivity index (χ2n) is 5.23. The van der Waals surface area contributed by atoms with Crippen LogP contribution in [0.25, 0.3) is 0 Å². The molecule has 1 aromatic carbocycles. The zero-order chi connectivity index (χ0) is 15.6. The van der Waals surface area contributed by atoms with E-state index in [4.69, 9.17) is 11.6 Å². The van der Waals surface area contributed by atoms with Gasteiger partial charge in [-0.05, 0) is 25.0 Å². The van der Waals surface area contributed by atoms with Crippen molar-refractivity contribution >= 4 is 17.4 Å². The van der Waals surface area contributed by atoms with E-state index >= 15 is 0 Å². The van der Waals surface area contributed by atoms with Crippen molar-refractivity contribution < 1.29 is 18.0 Å². The van der Waals surface area contributed by atoms with Crippen LogP contribution in [0.2, 0.25) is 5.02 Å². The van der Waals surface area contributed by atoms with Crippen molar-refractivity contribution in [1.82, 2.24) is 0 Å². The first-order valence-electron chi connectivity index (χ1n) is 6.61. The van der Waals surface area contributed by atoms with Crippen LogP contribution < -0.4 is 0 Å². The third-order valence-corrected chi connectivity index (χ3v) is 4.15. The molecule has 0 N–H and O–H groups in total. The lowest BCUT2D eigenvalue weighted by molar-refractivity contribution is -0.127. The van der Waals surface area contributed by atoms with E-state index in [1.165, 1.54) is 12.1 Å². The van der Waals surface area contributed by atoms with Crippen molar-refractivity contribution in [2.45, 2.75) is 37.5 Å². The average Bonchev–Trinajstić information content (AvgIpc) is 2.42. The lowest BCUT2D eigenvalue weighted by Crippen LogP contribution is -2.31. The van der Waals surface area contributed by atoms with E-state index in [1.54, 1.807) is 6.07 Å². The molecular weight excluding hydrogens is 303 g/mol. The minimum atomic E-state index is -2.76. The van der Waals surface area contributed by atoms with Gasteiger partial charge in [0.15, 0.2) is 5.78 Å². The van der Waals surface area contributed by atoms with Crippen LogP contribution >= 0.6 is 11.6 Å². The van der Waals surface area contributed by atoms with Crippen LogP contribution in [0, 0.1) is 23.1 Å². The monoisotopic (exact) mass is 315 g/mol. The molecule has 0 aliphatic heterocycles. The van der Waals surface area contributed by atoms with Gasteiger partial charge >= 0.3 is 0 Å². The van der Waals surface area contributed by atoms with Gasteiger partial charge in [-0.15, -0.1) is 0 Å². The number of Topliss-reactive ketones (excluding diaryl/α,β-unsaturated/α-hetero) is 1. The highest BCUT2D eigenvalue weighted by Crippen LogP contribution is 2.39. The molecule has 1 aliphatic rings. The van der Waals surface area contributed by atoms with Crippen molar-refractivity contribution in [2.24, 2.45) is 5.92 Å². The number of benzene rings is 1. The molecule has 0 bridgehead atoms. The summed E-state index contributed by atoms with van der Waals surface area (Å²) in [4.78, 5) is 12.4. The van der Waals surface area contributed by atoms with Gasteiger partial charge in [-0.2, -0.15) is 5.26 Å². The number of carbonyl (C=O) groups is 1. The summed E-state index contributed by atoms with van der Waals surface area (Å²) in [5.41, 5.74) is -0.163. The van der Waals surface area contributed by atoms with E-state index in [0.717, 1.165) is 6.07 Å². The Morgan fingerprint density at radius 3 is 2.52 bits per heavy atom. The minimum Gasteiger partial charge on any atom is -0.298 e. The number of alkyl halides is 2. The molecule has 1 atom stereocenters. The lowest BCUT2D eigenvalue weighted by Gasteiger charge is -2.28. The molecule has 0 heterocycles. The lowest BCUT2D eigenvalue weighted by atomic mass is 9.78. The highest BCUT2D eigenvalue weighted by Gasteiger charge is 2.40. The minimum absolute atomic E-state index is 0.00367. The predicted octanol–water partition coefficient (Wildman–Crippen LogP) is 4.48. The Balaban J connectivity index is 2.23. The first-order valence-corrected chi connectivity index (χ1v) is 6.98. The third-order valence-electron chi connectivity index (χ3n) is 3.82. The second kappa shape index (κ2) is 6.07. The molecule has 112 valence electrons. The molecule has 1 saturated carbocycles. The van der Waals surface area contributed by atoms with Gasteiger partial charge in [-0.25, -0.2) is 13.2 Å². The van der Waals surface area contributed by atoms with Crippen molar-refractivity contribution in [3.63, 3.8) is 0 Å². The van der Waals surface area contributed by atoms with Gasteiger partial charge < -0.3 is 0 Å². The SMILES string of the molecule is N#CC(C(=O)C1CCC(F)(F)CC1)c1c(F)cccc1Cl. The average molecular weight is 316 g/mol. The molecule has 2 rings (SSSR count). The predicted molar refractivity (Wildman–Crippen MR) is 71.7 cm³/mol. The van der Waals surface area contributed by atoms with Crippen LogP contribution in [-0.4, -0.2) is 11.7 Å². The fourth-order valence-corrected chi connectivity index (χ4v) is 2.89. The van der Waals surface area contributed by atoms with Crippen LogP contribution in [0.4, 0.5) is 13.2 Å². The normalized spacial score (nSPS) is 19.8. The highest BCUT2D eigenvalue weighted by molar-refractivity contribution is 6.31. The van der Waals surface area contributed by atoms with E-state index in [-0.39, 0.29) is 36.3 Å². The van der Waals surface area contributed by atoms with Crippen LogP contribution in [0.3, 0.4) is 0 Å². The largest absolute Gasteiger partial charge is 0.298 e. The molecule has 0 saturated heterocycles. The van der Waals surface area contributed by atoms with Crippen molar-refractivity contribution in [3.8, 4) is 6.07 Å². The molecule has 0 aromatic heterocycles. The molecular formula is C15H13ClF3NO. The van der Waals surface area contributed by atoms with Crippen LogP contribution in [0.1, 0.15) is 37.2 Å². The van der Waals surface area contributed by atoms with Crippen LogP contribution in [-0.2, 0) is 4.79 Å². The van der Waals surface area contributed by atoms with Gasteiger partial charge in [0.2, 0.25) is 5.92 Å². The fourth-order valence-electron chi connectivity index (χ4n) is 2.62. The molecule has 0 radical (unpaired) electrons. The summed E-state index contributed by atoms with van der Waals surface area (Å²) in [5.74, 6) is -6.02. The molecule has 21 heavy (non-hydrogen) atoms. The molecule has 0 amide bonds. The quantitative estimate of drug-likeness (QED) is 0.825. The topological polar surface area (TPSA) is 40.9 Å². The number of carbonyl (C=O) groups excluding carboxylic acids is 1. The van der Waals surface area contributed by atoms with Crippen molar-refractivity contribution in [1.29, 1.82) is 5.26 Å². The number of ketones is 1. The smallest absolute Gasteiger partial charge is 0.248 e. The Labute approximate surface area is 125 Å². The number of halogens is 4. The first kappa shape index (κ1) is 15.8. The van der Waals surface area contributed by atoms with E-state index < -0.39 is 29.4 Å². The summed E-state index contributed by atoms with van der Waals surface area (Å²) in [7, 11) is 0. The Morgan fingerprint density at radius 2 is 2.00 bits per heavy atom. The van der Waals surface area contributed by atoms with Crippen molar-refractivity contribution in [3.05, 3.63) is 34.6 Å². The number of hydrogen-bond acceptors (Lipinski definition) is 2. The maximum Gasteiger partial charge on any atom is 0.248 e. The molecule has 2 nitrogen and oxygen atoms in total. The van der Waals surface area contributed by atoms with Gasteiger partial charge in [0.25, 0.3) is 0 Å². The van der Waals surface area contributed by atoms with Crippen LogP contribution in [0.15, 0.2) is 18.2 Å². The van der Waals surface area contributed by atoms with Crippen molar-refractivity contribution in [2.75, 3.05) is 0 Å². The molecule has 1 aromatic rings. The van der Waals surface area contributed by atoms with E-state index in [9.17, 15) is 23.2 Å². The summed E-state index contributed by atoms with van der Waals surface area (Å²) < 4.78 is 40.1. The summed E-state index contributed by atoms with van der Waals surface area (Å²) in [6, 6.07) is 5.65. The maximum absolute atomic E-state index is 13.8. The number of rotatable bonds is 3. The summed E-state index contributed by atoms with van der Waals surface area (Å²) in [6.07, 6.45) is -0.745. The molecule has 1 aliphatic carbocycles. The molecule has 1 fully saturated rings. The summed E-state index contributed by atoms with van der Waals surface area (Å²) in [5, 5.41) is 9.18. The molecule has 6 heteroatoms. The zero-order valence-electron chi connectivity index (χ0n) is 11.1. The van der Waals surface area contributed by atoms with Gasteiger partial charge in [-0.3, -0.25) is 4.79 Å². The Hall–Kier alpha value is -1.54. The second-order valence-corrected chi connectivity index (χ2v) is 5.64. The van der Waals surface area contributed by atoms with Gasteiger partial charge in [-0.1, -0.05) is 17.7 Å². The number of nitrogens with zero attached hydrogens (tertiary/aromatic N) is 1. The Kier molecular flexibility index (Phi) is 4.58. The maximum atomic E-state index is 13.8. The molecule has 1 unspecified atom stereocenters. The Morgan fingerprint density at radius 1 is 1.38 bits per heavy atom. The Bertz CT molecular complexity index is 567. The van der Waals surface area contributed by atoms with E-state index in [0.29, 0.717) is 0 Å².